The molecule has 2 aliphatic rings. The van der Waals surface area contributed by atoms with Crippen LogP contribution in [0.3, 0.4) is 0 Å². The van der Waals surface area contributed by atoms with Crippen molar-refractivity contribution in [1.29, 1.82) is 0 Å². The van der Waals surface area contributed by atoms with Gasteiger partial charge in [-0.15, -0.1) is 0 Å². The highest BCUT2D eigenvalue weighted by molar-refractivity contribution is 5.92. The van der Waals surface area contributed by atoms with E-state index in [0.29, 0.717) is 25.1 Å². The van der Waals surface area contributed by atoms with Gasteiger partial charge in [0.05, 0.1) is 0 Å². The number of amides is 2. The van der Waals surface area contributed by atoms with Gasteiger partial charge in [0.2, 0.25) is 18.6 Å². The molecular formula is C15H16N2O4. The number of hydrogen-bond acceptors (Lipinski definition) is 4. The molecule has 0 aliphatic carbocycles. The van der Waals surface area contributed by atoms with Crippen LogP contribution < -0.4 is 20.1 Å². The fraction of sp³-hybridized carbons (Fsp3) is 0.333. The second-order valence-electron chi connectivity index (χ2n) is 4.99. The molecule has 0 spiro atoms. The van der Waals surface area contributed by atoms with Gasteiger partial charge in [-0.05, 0) is 30.2 Å². The molecule has 0 saturated carbocycles. The molecule has 21 heavy (non-hydrogen) atoms. The molecule has 1 aromatic carbocycles. The summed E-state index contributed by atoms with van der Waals surface area (Å²) in [6.07, 6.45) is 4.33. The summed E-state index contributed by atoms with van der Waals surface area (Å²) in [5.41, 5.74) is 0.867. The first kappa shape index (κ1) is 13.5. The van der Waals surface area contributed by atoms with Crippen molar-refractivity contribution in [2.75, 3.05) is 13.3 Å². The topological polar surface area (TPSA) is 76.7 Å². The summed E-state index contributed by atoms with van der Waals surface area (Å²) in [5.74, 6) is 1.27. The third-order valence-corrected chi connectivity index (χ3v) is 3.44. The molecule has 1 fully saturated rings. The molecule has 2 aliphatic heterocycles. The molecule has 2 N–H and O–H groups in total. The Labute approximate surface area is 122 Å². The predicted octanol–water partition coefficient (Wildman–Crippen LogP) is 0.823. The lowest BCUT2D eigenvalue weighted by Crippen LogP contribution is -2.47. The highest BCUT2D eigenvalue weighted by atomic mass is 16.7. The van der Waals surface area contributed by atoms with Gasteiger partial charge in [-0.25, -0.2) is 0 Å². The van der Waals surface area contributed by atoms with Crippen LogP contribution in [0.4, 0.5) is 0 Å². The summed E-state index contributed by atoms with van der Waals surface area (Å²) in [4.78, 5) is 22.9. The van der Waals surface area contributed by atoms with E-state index in [-0.39, 0.29) is 24.6 Å². The molecule has 0 bridgehead atoms. The highest BCUT2D eigenvalue weighted by Crippen LogP contribution is 2.32. The van der Waals surface area contributed by atoms with Gasteiger partial charge in [0.25, 0.3) is 0 Å². The molecular weight excluding hydrogens is 272 g/mol. The standard InChI is InChI=1S/C15H16N2O4/c18-14-6-3-11(8-16-14)17-15(19)5-2-10-1-4-12-13(7-10)21-9-20-12/h1-2,4-5,7,11H,3,6,8-9H2,(H,16,18)(H,17,19). The Morgan fingerprint density at radius 1 is 1.33 bits per heavy atom. The van der Waals surface area contributed by atoms with E-state index in [1.807, 2.05) is 18.2 Å². The SMILES string of the molecule is O=C(C=Cc1ccc2c(c1)OCO2)NC1CCC(=O)NC1. The zero-order valence-electron chi connectivity index (χ0n) is 11.4. The van der Waals surface area contributed by atoms with Crippen LogP contribution in [0.15, 0.2) is 24.3 Å². The Bertz CT molecular complexity index is 587. The Morgan fingerprint density at radius 2 is 2.19 bits per heavy atom. The van der Waals surface area contributed by atoms with Crippen LogP contribution >= 0.6 is 0 Å². The van der Waals surface area contributed by atoms with Crippen molar-refractivity contribution in [3.8, 4) is 11.5 Å². The normalized spacial score (nSPS) is 20.4. The summed E-state index contributed by atoms with van der Waals surface area (Å²) in [6, 6.07) is 5.50. The Morgan fingerprint density at radius 3 is 3.00 bits per heavy atom. The third kappa shape index (κ3) is 3.34. The first-order valence-electron chi connectivity index (χ1n) is 6.85. The van der Waals surface area contributed by atoms with Gasteiger partial charge in [-0.2, -0.15) is 0 Å². The van der Waals surface area contributed by atoms with E-state index in [0.717, 1.165) is 11.3 Å². The first-order chi connectivity index (χ1) is 10.2. The molecule has 1 atom stereocenters. The maximum absolute atomic E-state index is 11.8. The minimum absolute atomic E-state index is 0.00314. The van der Waals surface area contributed by atoms with Crippen molar-refractivity contribution < 1.29 is 19.1 Å². The molecule has 3 rings (SSSR count). The second kappa shape index (κ2) is 5.87. The van der Waals surface area contributed by atoms with Crippen LogP contribution in [0.25, 0.3) is 6.08 Å². The molecule has 110 valence electrons. The number of carbonyl (C=O) groups is 2. The smallest absolute Gasteiger partial charge is 0.244 e. The molecule has 1 unspecified atom stereocenters. The number of hydrogen-bond donors (Lipinski definition) is 2. The maximum Gasteiger partial charge on any atom is 0.244 e. The number of benzene rings is 1. The van der Waals surface area contributed by atoms with Crippen LogP contribution in [-0.4, -0.2) is 31.2 Å². The first-order valence-corrected chi connectivity index (χ1v) is 6.85. The number of rotatable bonds is 3. The van der Waals surface area contributed by atoms with Crippen molar-refractivity contribution in [3.05, 3.63) is 29.8 Å². The fourth-order valence-electron chi connectivity index (χ4n) is 2.29. The van der Waals surface area contributed by atoms with E-state index in [1.54, 1.807) is 6.08 Å². The number of carbonyl (C=O) groups excluding carboxylic acids is 2. The molecule has 1 aromatic rings. The van der Waals surface area contributed by atoms with Gasteiger partial charge in [0.15, 0.2) is 11.5 Å². The van der Waals surface area contributed by atoms with E-state index in [1.165, 1.54) is 6.08 Å². The summed E-state index contributed by atoms with van der Waals surface area (Å²) < 4.78 is 10.5. The molecule has 2 amide bonds. The fourth-order valence-corrected chi connectivity index (χ4v) is 2.29. The molecule has 1 saturated heterocycles. The lowest BCUT2D eigenvalue weighted by molar-refractivity contribution is -0.124. The molecule has 0 radical (unpaired) electrons. The average Bonchev–Trinajstić information content (AvgIpc) is 2.95. The van der Waals surface area contributed by atoms with E-state index < -0.39 is 0 Å². The summed E-state index contributed by atoms with van der Waals surface area (Å²) in [7, 11) is 0. The van der Waals surface area contributed by atoms with Crippen LogP contribution in [0.1, 0.15) is 18.4 Å². The zero-order chi connectivity index (χ0) is 14.7. The average molecular weight is 288 g/mol. The lowest BCUT2D eigenvalue weighted by atomic mass is 10.1. The van der Waals surface area contributed by atoms with Crippen LogP contribution in [0.2, 0.25) is 0 Å². The van der Waals surface area contributed by atoms with Crippen molar-refractivity contribution >= 4 is 17.9 Å². The Hall–Kier alpha value is -2.50. The second-order valence-corrected chi connectivity index (χ2v) is 4.99. The minimum atomic E-state index is -0.172. The van der Waals surface area contributed by atoms with Crippen LogP contribution in [0.5, 0.6) is 11.5 Å². The van der Waals surface area contributed by atoms with Crippen molar-refractivity contribution in [2.45, 2.75) is 18.9 Å². The van der Waals surface area contributed by atoms with Gasteiger partial charge < -0.3 is 20.1 Å². The van der Waals surface area contributed by atoms with Crippen LogP contribution in [0, 0.1) is 0 Å². The highest BCUT2D eigenvalue weighted by Gasteiger charge is 2.18. The molecule has 0 aromatic heterocycles. The number of nitrogens with one attached hydrogen (secondary N) is 2. The van der Waals surface area contributed by atoms with Gasteiger partial charge >= 0.3 is 0 Å². The van der Waals surface area contributed by atoms with Gasteiger partial charge in [-0.3, -0.25) is 9.59 Å². The monoisotopic (exact) mass is 288 g/mol. The lowest BCUT2D eigenvalue weighted by Gasteiger charge is -2.22. The molecule has 6 heteroatoms. The van der Waals surface area contributed by atoms with Crippen LogP contribution in [-0.2, 0) is 9.59 Å². The number of ether oxygens (including phenoxy) is 2. The van der Waals surface area contributed by atoms with Gasteiger partial charge in [0, 0.05) is 25.1 Å². The Balaban J connectivity index is 1.55. The zero-order valence-corrected chi connectivity index (χ0v) is 11.4. The van der Waals surface area contributed by atoms with E-state index in [2.05, 4.69) is 10.6 Å². The van der Waals surface area contributed by atoms with E-state index in [9.17, 15) is 9.59 Å². The van der Waals surface area contributed by atoms with Gasteiger partial charge in [-0.1, -0.05) is 6.07 Å². The quantitative estimate of drug-likeness (QED) is 0.808. The van der Waals surface area contributed by atoms with Crippen molar-refractivity contribution in [2.24, 2.45) is 0 Å². The summed E-state index contributed by atoms with van der Waals surface area (Å²) in [5, 5.41) is 5.60. The summed E-state index contributed by atoms with van der Waals surface area (Å²) in [6.45, 7) is 0.721. The molecule has 2 heterocycles. The van der Waals surface area contributed by atoms with Gasteiger partial charge in [0.1, 0.15) is 0 Å². The number of fused-ring (bicyclic) bond motifs is 1. The van der Waals surface area contributed by atoms with E-state index >= 15 is 0 Å². The summed E-state index contributed by atoms with van der Waals surface area (Å²) >= 11 is 0. The maximum atomic E-state index is 11.8. The molecule has 6 nitrogen and oxygen atoms in total. The Kier molecular flexibility index (Phi) is 3.77. The largest absolute Gasteiger partial charge is 0.454 e. The third-order valence-electron chi connectivity index (χ3n) is 3.44. The minimum Gasteiger partial charge on any atom is -0.454 e. The van der Waals surface area contributed by atoms with Crippen molar-refractivity contribution in [3.63, 3.8) is 0 Å². The predicted molar refractivity (Wildman–Crippen MR) is 75.8 cm³/mol. The number of piperidine rings is 1. The van der Waals surface area contributed by atoms with E-state index in [4.69, 9.17) is 9.47 Å². The van der Waals surface area contributed by atoms with Crippen molar-refractivity contribution in [1.82, 2.24) is 10.6 Å².